The van der Waals surface area contributed by atoms with Crippen LogP contribution in [0.1, 0.15) is 19.3 Å². The van der Waals surface area contributed by atoms with Crippen LogP contribution in [0.2, 0.25) is 0 Å². The molecule has 1 aliphatic carbocycles. The largest absolute Gasteiger partial charge is 0.469 e. The fourth-order valence-corrected chi connectivity index (χ4v) is 2.43. The first-order chi connectivity index (χ1) is 4.75. The molecule has 0 spiro atoms. The van der Waals surface area contributed by atoms with Gasteiger partial charge in [-0.1, -0.05) is 29.0 Å². The Hall–Kier alpha value is 0.200. The van der Waals surface area contributed by atoms with E-state index >= 15 is 0 Å². The van der Waals surface area contributed by atoms with E-state index in [1.807, 2.05) is 0 Å². The van der Waals surface area contributed by atoms with Crippen LogP contribution in [-0.4, -0.2) is 17.0 Å². The lowest BCUT2D eigenvalue weighted by molar-refractivity contribution is -0.144. The van der Waals surface area contributed by atoms with Gasteiger partial charge in [0.25, 0.3) is 0 Å². The third kappa shape index (κ3) is 1.62. The second-order valence-electron chi connectivity index (χ2n) is 2.58. The van der Waals surface area contributed by atoms with Gasteiger partial charge >= 0.3 is 5.97 Å². The smallest absolute Gasteiger partial charge is 0.309 e. The summed E-state index contributed by atoms with van der Waals surface area (Å²) < 4.78 is 5.17. The van der Waals surface area contributed by atoms with E-state index in [0.29, 0.717) is 3.92 Å². The van der Waals surface area contributed by atoms with Crippen LogP contribution in [0.25, 0.3) is 0 Å². The van der Waals surface area contributed by atoms with E-state index in [1.165, 1.54) is 20.0 Å². The number of carbonyl (C=O) groups excluding carboxylic acids is 1. The summed E-state index contributed by atoms with van der Waals surface area (Å²) >= 11 is 2.33. The monoisotopic (exact) mass is 254 g/mol. The van der Waals surface area contributed by atoms with Crippen LogP contribution in [0.5, 0.6) is 0 Å². The van der Waals surface area contributed by atoms with Gasteiger partial charge in [-0.3, -0.25) is 4.79 Å². The maximum Gasteiger partial charge on any atom is 0.309 e. The lowest BCUT2D eigenvalue weighted by Gasteiger charge is -2.09. The summed E-state index contributed by atoms with van der Waals surface area (Å²) in [6.07, 6.45) is 3.36. The van der Waals surface area contributed by atoms with Gasteiger partial charge in [-0.05, 0) is 12.8 Å². The molecule has 0 aromatic heterocycles. The summed E-state index contributed by atoms with van der Waals surface area (Å²) in [5.74, 6) is 0.141. The van der Waals surface area contributed by atoms with Crippen LogP contribution in [0.4, 0.5) is 0 Å². The average molecular weight is 254 g/mol. The molecule has 1 aliphatic rings. The second kappa shape index (κ2) is 3.55. The van der Waals surface area contributed by atoms with Crippen LogP contribution in [0.3, 0.4) is 0 Å². The fourth-order valence-electron chi connectivity index (χ4n) is 1.33. The van der Waals surface area contributed by atoms with Gasteiger partial charge in [0, 0.05) is 3.92 Å². The van der Waals surface area contributed by atoms with Gasteiger partial charge < -0.3 is 4.74 Å². The highest BCUT2D eigenvalue weighted by molar-refractivity contribution is 14.1. The van der Waals surface area contributed by atoms with E-state index in [0.717, 1.165) is 6.42 Å². The molecule has 3 heteroatoms. The zero-order chi connectivity index (χ0) is 7.56. The Morgan fingerprint density at radius 1 is 1.60 bits per heavy atom. The Kier molecular flexibility index (Phi) is 2.95. The molecule has 10 heavy (non-hydrogen) atoms. The number of halogens is 1. The quantitative estimate of drug-likeness (QED) is 0.405. The topological polar surface area (TPSA) is 26.3 Å². The highest BCUT2D eigenvalue weighted by atomic mass is 127. The normalized spacial score (nSPS) is 32.2. The molecule has 1 rings (SSSR count). The molecule has 0 aromatic carbocycles. The van der Waals surface area contributed by atoms with Crippen molar-refractivity contribution in [2.75, 3.05) is 7.11 Å². The van der Waals surface area contributed by atoms with E-state index in [9.17, 15) is 4.79 Å². The Balaban J connectivity index is 2.46. The lowest BCUT2D eigenvalue weighted by Crippen LogP contribution is -2.19. The van der Waals surface area contributed by atoms with Gasteiger partial charge in [-0.15, -0.1) is 0 Å². The minimum absolute atomic E-state index is 0.0306. The average Bonchev–Trinajstić information content (AvgIpc) is 2.34. The van der Waals surface area contributed by atoms with Crippen molar-refractivity contribution < 1.29 is 9.53 Å². The highest BCUT2D eigenvalue weighted by Crippen LogP contribution is 2.32. The third-order valence-corrected chi connectivity index (χ3v) is 3.43. The van der Waals surface area contributed by atoms with Crippen LogP contribution in [0, 0.1) is 5.92 Å². The number of rotatable bonds is 1. The minimum atomic E-state index is -0.0306. The minimum Gasteiger partial charge on any atom is -0.469 e. The Bertz CT molecular complexity index is 136. The number of carbonyl (C=O) groups is 1. The number of methoxy groups -OCH3 is 1. The Labute approximate surface area is 74.5 Å². The molecule has 0 N–H and O–H groups in total. The molecule has 2 unspecified atom stereocenters. The van der Waals surface area contributed by atoms with Crippen molar-refractivity contribution >= 4 is 28.6 Å². The molecular weight excluding hydrogens is 243 g/mol. The van der Waals surface area contributed by atoms with Crippen molar-refractivity contribution in [2.45, 2.75) is 23.2 Å². The summed E-state index contributed by atoms with van der Waals surface area (Å²) in [5.41, 5.74) is 0. The van der Waals surface area contributed by atoms with Crippen molar-refractivity contribution in [1.29, 1.82) is 0 Å². The third-order valence-electron chi connectivity index (χ3n) is 1.94. The molecule has 0 heterocycles. The number of hydrogen-bond acceptors (Lipinski definition) is 2. The van der Waals surface area contributed by atoms with Gasteiger partial charge in [0.15, 0.2) is 0 Å². The summed E-state index contributed by atoms with van der Waals surface area (Å²) in [5, 5.41) is 0. The van der Waals surface area contributed by atoms with E-state index in [4.69, 9.17) is 0 Å². The van der Waals surface area contributed by atoms with Crippen molar-refractivity contribution in [3.05, 3.63) is 0 Å². The summed E-state index contributed by atoms with van der Waals surface area (Å²) in [7, 11) is 1.46. The summed E-state index contributed by atoms with van der Waals surface area (Å²) in [4.78, 5) is 11.0. The zero-order valence-electron chi connectivity index (χ0n) is 5.97. The van der Waals surface area contributed by atoms with E-state index in [-0.39, 0.29) is 11.9 Å². The first-order valence-electron chi connectivity index (χ1n) is 3.47. The molecule has 0 amide bonds. The predicted molar refractivity (Wildman–Crippen MR) is 47.2 cm³/mol. The van der Waals surface area contributed by atoms with Crippen LogP contribution in [-0.2, 0) is 9.53 Å². The van der Waals surface area contributed by atoms with Gasteiger partial charge in [-0.2, -0.15) is 0 Å². The Morgan fingerprint density at radius 3 is 2.70 bits per heavy atom. The summed E-state index contributed by atoms with van der Waals surface area (Å²) in [6, 6.07) is 0. The molecule has 0 aliphatic heterocycles. The van der Waals surface area contributed by atoms with Crippen LogP contribution >= 0.6 is 22.6 Å². The lowest BCUT2D eigenvalue weighted by atomic mass is 10.1. The van der Waals surface area contributed by atoms with Crippen LogP contribution in [0.15, 0.2) is 0 Å². The molecule has 1 saturated carbocycles. The van der Waals surface area contributed by atoms with E-state index in [1.54, 1.807) is 0 Å². The molecule has 0 aromatic rings. The van der Waals surface area contributed by atoms with Gasteiger partial charge in [0.2, 0.25) is 0 Å². The molecule has 2 atom stereocenters. The van der Waals surface area contributed by atoms with Crippen molar-refractivity contribution in [3.63, 3.8) is 0 Å². The molecule has 58 valence electrons. The van der Waals surface area contributed by atoms with E-state index in [2.05, 4.69) is 27.3 Å². The number of ether oxygens (including phenoxy) is 1. The standard InChI is InChI=1S/C7H11IO2/c1-10-7(9)5-3-2-4-6(5)8/h5-6H,2-4H2,1H3. The highest BCUT2D eigenvalue weighted by Gasteiger charge is 2.31. The van der Waals surface area contributed by atoms with Crippen molar-refractivity contribution in [2.24, 2.45) is 5.92 Å². The maximum absolute atomic E-state index is 11.0. The van der Waals surface area contributed by atoms with Gasteiger partial charge in [0.05, 0.1) is 13.0 Å². The number of esters is 1. The van der Waals surface area contributed by atoms with Crippen molar-refractivity contribution in [1.82, 2.24) is 0 Å². The molecular formula is C7H11IO2. The predicted octanol–water partition coefficient (Wildman–Crippen LogP) is 1.76. The number of hydrogen-bond donors (Lipinski definition) is 0. The fraction of sp³-hybridized carbons (Fsp3) is 0.857. The number of alkyl halides is 1. The SMILES string of the molecule is COC(=O)C1CCCC1I. The van der Waals surface area contributed by atoms with E-state index < -0.39 is 0 Å². The molecule has 1 fully saturated rings. The molecule has 2 nitrogen and oxygen atoms in total. The second-order valence-corrected chi connectivity index (χ2v) is 4.18. The van der Waals surface area contributed by atoms with Gasteiger partial charge in [-0.25, -0.2) is 0 Å². The maximum atomic E-state index is 11.0. The zero-order valence-corrected chi connectivity index (χ0v) is 8.13. The molecule has 0 bridgehead atoms. The first-order valence-corrected chi connectivity index (χ1v) is 4.72. The molecule has 0 radical (unpaired) electrons. The first kappa shape index (κ1) is 8.30. The summed E-state index contributed by atoms with van der Waals surface area (Å²) in [6.45, 7) is 0. The Morgan fingerprint density at radius 2 is 2.30 bits per heavy atom. The molecule has 0 saturated heterocycles. The van der Waals surface area contributed by atoms with Crippen LogP contribution < -0.4 is 0 Å². The van der Waals surface area contributed by atoms with Gasteiger partial charge in [0.1, 0.15) is 0 Å². The van der Waals surface area contributed by atoms with Crippen molar-refractivity contribution in [3.8, 4) is 0 Å².